The van der Waals surface area contributed by atoms with Crippen LogP contribution in [0.25, 0.3) is 17.0 Å². The highest BCUT2D eigenvalue weighted by molar-refractivity contribution is 5.54. The molecule has 0 N–H and O–H groups in total. The van der Waals surface area contributed by atoms with Crippen LogP contribution in [-0.2, 0) is 6.54 Å². The van der Waals surface area contributed by atoms with Crippen LogP contribution >= 0.6 is 0 Å². The van der Waals surface area contributed by atoms with Crippen LogP contribution in [0.4, 0.5) is 5.82 Å². The Bertz CT molecular complexity index is 1080. The number of aromatic nitrogens is 7. The van der Waals surface area contributed by atoms with Gasteiger partial charge in [0, 0.05) is 31.7 Å². The van der Waals surface area contributed by atoms with Crippen molar-refractivity contribution in [2.75, 3.05) is 31.1 Å². The molecule has 10 nitrogen and oxygen atoms in total. The number of hydrogen-bond acceptors (Lipinski definition) is 9. The summed E-state index contributed by atoms with van der Waals surface area (Å²) in [6, 6.07) is 11.9. The van der Waals surface area contributed by atoms with Crippen LogP contribution < -0.4 is 4.90 Å². The summed E-state index contributed by atoms with van der Waals surface area (Å²) in [4.78, 5) is 9.07. The average Bonchev–Trinajstić information content (AvgIpc) is 3.38. The molecule has 1 aliphatic heterocycles. The molecule has 0 saturated carbocycles. The van der Waals surface area contributed by atoms with Gasteiger partial charge >= 0.3 is 0 Å². The number of hydrogen-bond donors (Lipinski definition) is 0. The van der Waals surface area contributed by atoms with Crippen molar-refractivity contribution in [3.05, 3.63) is 47.9 Å². The molecule has 0 spiro atoms. The van der Waals surface area contributed by atoms with Crippen molar-refractivity contribution in [3.8, 4) is 11.4 Å². The summed E-state index contributed by atoms with van der Waals surface area (Å²) in [5.74, 6) is 2.14. The molecule has 0 aliphatic carbocycles. The average molecular weight is 377 g/mol. The molecule has 142 valence electrons. The van der Waals surface area contributed by atoms with Crippen LogP contribution in [0.3, 0.4) is 0 Å². The molecule has 1 saturated heterocycles. The minimum atomic E-state index is 0.632. The van der Waals surface area contributed by atoms with Gasteiger partial charge in [-0.25, -0.2) is 0 Å². The summed E-state index contributed by atoms with van der Waals surface area (Å²) in [5.41, 5.74) is 2.82. The first-order chi connectivity index (χ1) is 13.7. The summed E-state index contributed by atoms with van der Waals surface area (Å²) < 4.78 is 6.90. The van der Waals surface area contributed by atoms with Crippen molar-refractivity contribution in [2.24, 2.45) is 0 Å². The number of fused-ring (bicyclic) bond motifs is 1. The van der Waals surface area contributed by atoms with E-state index in [1.807, 2.05) is 36.4 Å². The molecule has 4 aromatic rings. The lowest BCUT2D eigenvalue weighted by Gasteiger charge is -2.34. The van der Waals surface area contributed by atoms with Crippen LogP contribution in [0.2, 0.25) is 0 Å². The maximum Gasteiger partial charge on any atom is 0.241 e. The molecule has 0 unspecified atom stereocenters. The van der Waals surface area contributed by atoms with Gasteiger partial charge in [0.1, 0.15) is 0 Å². The Labute approximate surface area is 160 Å². The summed E-state index contributed by atoms with van der Waals surface area (Å²) in [6.07, 6.45) is 0. The summed E-state index contributed by atoms with van der Waals surface area (Å²) in [6.45, 7) is 6.20. The third kappa shape index (κ3) is 3.29. The topological polar surface area (TPSA) is 101 Å². The summed E-state index contributed by atoms with van der Waals surface area (Å²) in [5, 5.41) is 19.9. The molecule has 5 rings (SSSR count). The van der Waals surface area contributed by atoms with Gasteiger partial charge in [0.25, 0.3) is 0 Å². The molecular weight excluding hydrogens is 358 g/mol. The predicted molar refractivity (Wildman–Crippen MR) is 101 cm³/mol. The Kier molecular flexibility index (Phi) is 4.17. The Balaban J connectivity index is 1.21. The zero-order valence-electron chi connectivity index (χ0n) is 15.4. The van der Waals surface area contributed by atoms with Crippen LogP contribution in [0, 0.1) is 6.92 Å². The fourth-order valence-electron chi connectivity index (χ4n) is 3.27. The third-order valence-electron chi connectivity index (χ3n) is 4.89. The molecule has 4 heterocycles. The molecule has 0 atom stereocenters. The van der Waals surface area contributed by atoms with Crippen molar-refractivity contribution in [2.45, 2.75) is 13.5 Å². The van der Waals surface area contributed by atoms with Gasteiger partial charge in [-0.05, 0) is 29.5 Å². The maximum absolute atomic E-state index is 5.45. The molecule has 1 aromatic carbocycles. The number of benzene rings is 1. The van der Waals surface area contributed by atoms with Gasteiger partial charge in [0.2, 0.25) is 11.7 Å². The van der Waals surface area contributed by atoms with Gasteiger partial charge in [-0.3, -0.25) is 4.90 Å². The Hall–Kier alpha value is -3.40. The van der Waals surface area contributed by atoms with E-state index in [1.54, 1.807) is 0 Å². The summed E-state index contributed by atoms with van der Waals surface area (Å²) >= 11 is 0. The quantitative estimate of drug-likeness (QED) is 0.519. The van der Waals surface area contributed by atoms with E-state index in [0.717, 1.165) is 37.6 Å². The second-order valence-corrected chi connectivity index (χ2v) is 6.86. The first kappa shape index (κ1) is 16.8. The monoisotopic (exact) mass is 377 g/mol. The van der Waals surface area contributed by atoms with Crippen molar-refractivity contribution < 1.29 is 4.52 Å². The predicted octanol–water partition coefficient (Wildman–Crippen LogP) is 1.20. The molecule has 10 heteroatoms. The normalized spacial score (nSPS) is 15.4. The van der Waals surface area contributed by atoms with Gasteiger partial charge in [-0.15, -0.1) is 14.8 Å². The number of piperazine rings is 1. The molecule has 0 amide bonds. The zero-order valence-corrected chi connectivity index (χ0v) is 15.4. The minimum Gasteiger partial charge on any atom is -0.353 e. The van der Waals surface area contributed by atoms with Crippen molar-refractivity contribution in [1.29, 1.82) is 0 Å². The van der Waals surface area contributed by atoms with Gasteiger partial charge in [-0.1, -0.05) is 35.0 Å². The number of nitrogens with zero attached hydrogens (tertiary/aromatic N) is 9. The number of anilines is 1. The first-order valence-corrected chi connectivity index (χ1v) is 9.17. The number of aryl methyl sites for hydroxylation is 1. The van der Waals surface area contributed by atoms with Crippen LogP contribution in [0.5, 0.6) is 0 Å². The maximum atomic E-state index is 5.45. The minimum absolute atomic E-state index is 0.632. The third-order valence-corrected chi connectivity index (χ3v) is 4.89. The first-order valence-electron chi connectivity index (χ1n) is 9.17. The fourth-order valence-corrected chi connectivity index (χ4v) is 3.27. The lowest BCUT2D eigenvalue weighted by atomic mass is 10.1. The van der Waals surface area contributed by atoms with E-state index in [0.29, 0.717) is 23.9 Å². The van der Waals surface area contributed by atoms with Gasteiger partial charge in [0.05, 0.1) is 6.54 Å². The van der Waals surface area contributed by atoms with Crippen LogP contribution in [-0.4, -0.2) is 66.5 Å². The van der Waals surface area contributed by atoms with Gasteiger partial charge in [-0.2, -0.15) is 4.98 Å². The fraction of sp³-hybridized carbons (Fsp3) is 0.333. The smallest absolute Gasteiger partial charge is 0.241 e. The second-order valence-electron chi connectivity index (χ2n) is 6.86. The summed E-state index contributed by atoms with van der Waals surface area (Å²) in [7, 11) is 0. The SMILES string of the molecule is Cc1ccc(-c2noc(CN3CCN(c4ccc5nnnn5n4)CC3)n2)cc1. The molecule has 28 heavy (non-hydrogen) atoms. The van der Waals surface area contributed by atoms with E-state index in [9.17, 15) is 0 Å². The molecule has 0 bridgehead atoms. The lowest BCUT2D eigenvalue weighted by molar-refractivity contribution is 0.215. The van der Waals surface area contributed by atoms with Crippen LogP contribution in [0.15, 0.2) is 40.9 Å². The highest BCUT2D eigenvalue weighted by atomic mass is 16.5. The van der Waals surface area contributed by atoms with E-state index in [4.69, 9.17) is 4.52 Å². The molecule has 0 radical (unpaired) electrons. The highest BCUT2D eigenvalue weighted by Gasteiger charge is 2.21. The van der Waals surface area contributed by atoms with E-state index in [-0.39, 0.29) is 0 Å². The Morgan fingerprint density at radius 1 is 1.00 bits per heavy atom. The Morgan fingerprint density at radius 2 is 1.82 bits per heavy atom. The Morgan fingerprint density at radius 3 is 2.64 bits per heavy atom. The number of tetrazole rings is 1. The van der Waals surface area contributed by atoms with Crippen molar-refractivity contribution in [1.82, 2.24) is 40.3 Å². The van der Waals surface area contributed by atoms with Gasteiger partial charge < -0.3 is 9.42 Å². The van der Waals surface area contributed by atoms with E-state index in [1.165, 1.54) is 10.2 Å². The molecule has 1 fully saturated rings. The molecular formula is C18H19N9O. The molecule has 3 aromatic heterocycles. The van der Waals surface area contributed by atoms with Gasteiger partial charge in [0.15, 0.2) is 11.5 Å². The highest BCUT2D eigenvalue weighted by Crippen LogP contribution is 2.18. The largest absolute Gasteiger partial charge is 0.353 e. The molecule has 1 aliphatic rings. The standard InChI is InChI=1S/C18H19N9O/c1-13-2-4-14(5-3-13)18-19-17(28-22-18)12-25-8-10-26(11-9-25)16-7-6-15-20-23-24-27(15)21-16/h2-7H,8-12H2,1H3. The van der Waals surface area contributed by atoms with E-state index in [2.05, 4.69) is 47.5 Å². The second kappa shape index (κ2) is 6.97. The zero-order chi connectivity index (χ0) is 18.9. The van der Waals surface area contributed by atoms with E-state index < -0.39 is 0 Å². The van der Waals surface area contributed by atoms with Crippen molar-refractivity contribution in [3.63, 3.8) is 0 Å². The number of rotatable bonds is 4. The lowest BCUT2D eigenvalue weighted by Crippen LogP contribution is -2.46. The van der Waals surface area contributed by atoms with Crippen molar-refractivity contribution >= 4 is 11.5 Å². The van der Waals surface area contributed by atoms with E-state index >= 15 is 0 Å². The van der Waals surface area contributed by atoms with Crippen LogP contribution in [0.1, 0.15) is 11.5 Å².